The molecule has 100 valence electrons. The minimum absolute atomic E-state index is 0.811. The lowest BCUT2D eigenvalue weighted by molar-refractivity contribution is 0.415. The molecule has 1 N–H and O–H groups in total. The largest absolute Gasteiger partial charge is 0.497 e. The van der Waals surface area contributed by atoms with Crippen molar-refractivity contribution in [2.24, 2.45) is 0 Å². The summed E-state index contributed by atoms with van der Waals surface area (Å²) in [6, 6.07) is 7.94. The summed E-state index contributed by atoms with van der Waals surface area (Å²) in [6.45, 7) is 4.08. The second-order valence-corrected chi connectivity index (χ2v) is 4.30. The molecule has 1 heterocycles. The SMILES string of the molecule is CCc1nc(NC)c(C)c(-c2cccc(OC)c2)n1. The number of ether oxygens (including phenoxy) is 1. The summed E-state index contributed by atoms with van der Waals surface area (Å²) in [6.07, 6.45) is 0.811. The van der Waals surface area contributed by atoms with Crippen molar-refractivity contribution in [1.82, 2.24) is 9.97 Å². The minimum Gasteiger partial charge on any atom is -0.497 e. The van der Waals surface area contributed by atoms with Crippen LogP contribution in [0.2, 0.25) is 0 Å². The van der Waals surface area contributed by atoms with E-state index in [1.165, 1.54) is 0 Å². The van der Waals surface area contributed by atoms with Gasteiger partial charge in [0.05, 0.1) is 12.8 Å². The highest BCUT2D eigenvalue weighted by Gasteiger charge is 2.11. The number of aryl methyl sites for hydroxylation is 1. The predicted octanol–water partition coefficient (Wildman–Crippen LogP) is 3.06. The summed E-state index contributed by atoms with van der Waals surface area (Å²) in [7, 11) is 3.55. The monoisotopic (exact) mass is 257 g/mol. The summed E-state index contributed by atoms with van der Waals surface area (Å²) >= 11 is 0. The van der Waals surface area contributed by atoms with Crippen LogP contribution in [0.25, 0.3) is 11.3 Å². The van der Waals surface area contributed by atoms with Gasteiger partial charge in [0.2, 0.25) is 0 Å². The van der Waals surface area contributed by atoms with Gasteiger partial charge in [-0.15, -0.1) is 0 Å². The van der Waals surface area contributed by atoms with Crippen LogP contribution >= 0.6 is 0 Å². The van der Waals surface area contributed by atoms with Crippen molar-refractivity contribution in [3.05, 3.63) is 35.7 Å². The van der Waals surface area contributed by atoms with E-state index in [2.05, 4.69) is 22.2 Å². The third-order valence-electron chi connectivity index (χ3n) is 3.09. The highest BCUT2D eigenvalue weighted by molar-refractivity contribution is 5.69. The van der Waals surface area contributed by atoms with E-state index in [1.54, 1.807) is 7.11 Å². The molecule has 0 radical (unpaired) electrons. The topological polar surface area (TPSA) is 47.0 Å². The number of benzene rings is 1. The molecule has 4 nitrogen and oxygen atoms in total. The van der Waals surface area contributed by atoms with Crippen LogP contribution in [0.5, 0.6) is 5.75 Å². The molecular formula is C15H19N3O. The third kappa shape index (κ3) is 2.67. The Labute approximate surface area is 113 Å². The molecule has 0 atom stereocenters. The number of hydrogen-bond donors (Lipinski definition) is 1. The summed E-state index contributed by atoms with van der Waals surface area (Å²) < 4.78 is 5.27. The molecule has 19 heavy (non-hydrogen) atoms. The average Bonchev–Trinajstić information content (AvgIpc) is 2.47. The molecule has 0 amide bonds. The normalized spacial score (nSPS) is 10.3. The maximum atomic E-state index is 5.27. The Morgan fingerprint density at radius 3 is 2.68 bits per heavy atom. The number of hydrogen-bond acceptors (Lipinski definition) is 4. The minimum atomic E-state index is 0.811. The summed E-state index contributed by atoms with van der Waals surface area (Å²) in [4.78, 5) is 9.12. The first-order chi connectivity index (χ1) is 9.19. The van der Waals surface area contributed by atoms with Crippen molar-refractivity contribution in [3.8, 4) is 17.0 Å². The molecule has 0 saturated heterocycles. The Hall–Kier alpha value is -2.10. The molecule has 4 heteroatoms. The first-order valence-electron chi connectivity index (χ1n) is 6.39. The van der Waals surface area contributed by atoms with Crippen LogP contribution in [-0.4, -0.2) is 24.1 Å². The Kier molecular flexibility index (Phi) is 4.00. The lowest BCUT2D eigenvalue weighted by Crippen LogP contribution is -2.04. The average molecular weight is 257 g/mol. The van der Waals surface area contributed by atoms with Crippen molar-refractivity contribution in [2.75, 3.05) is 19.5 Å². The first kappa shape index (κ1) is 13.3. The molecule has 0 aliphatic rings. The summed E-state index contributed by atoms with van der Waals surface area (Å²) in [5.74, 6) is 2.55. The van der Waals surface area contributed by atoms with Gasteiger partial charge in [-0.2, -0.15) is 0 Å². The molecule has 0 saturated carbocycles. The van der Waals surface area contributed by atoms with Gasteiger partial charge in [-0.05, 0) is 19.1 Å². The quantitative estimate of drug-likeness (QED) is 0.914. The van der Waals surface area contributed by atoms with E-state index in [1.807, 2.05) is 38.2 Å². The van der Waals surface area contributed by atoms with Gasteiger partial charge < -0.3 is 10.1 Å². The Balaban J connectivity index is 2.59. The van der Waals surface area contributed by atoms with Crippen molar-refractivity contribution >= 4 is 5.82 Å². The summed E-state index contributed by atoms with van der Waals surface area (Å²) in [5, 5.41) is 3.13. The number of rotatable bonds is 4. The first-order valence-corrected chi connectivity index (χ1v) is 6.39. The smallest absolute Gasteiger partial charge is 0.132 e. The van der Waals surface area contributed by atoms with Gasteiger partial charge in [0, 0.05) is 24.6 Å². The maximum absolute atomic E-state index is 5.27. The lowest BCUT2D eigenvalue weighted by atomic mass is 10.1. The molecule has 0 fully saturated rings. The Morgan fingerprint density at radius 1 is 1.26 bits per heavy atom. The van der Waals surface area contributed by atoms with Gasteiger partial charge >= 0.3 is 0 Å². The molecule has 0 bridgehead atoms. The number of aromatic nitrogens is 2. The van der Waals surface area contributed by atoms with E-state index in [0.717, 1.165) is 40.6 Å². The van der Waals surface area contributed by atoms with E-state index < -0.39 is 0 Å². The molecular weight excluding hydrogens is 238 g/mol. The number of nitrogens with zero attached hydrogens (tertiary/aromatic N) is 2. The molecule has 0 aliphatic carbocycles. The zero-order valence-corrected chi connectivity index (χ0v) is 11.8. The fourth-order valence-corrected chi connectivity index (χ4v) is 2.02. The fourth-order valence-electron chi connectivity index (χ4n) is 2.02. The van der Waals surface area contributed by atoms with Crippen LogP contribution in [0.4, 0.5) is 5.82 Å². The highest BCUT2D eigenvalue weighted by atomic mass is 16.5. The third-order valence-corrected chi connectivity index (χ3v) is 3.09. The van der Waals surface area contributed by atoms with Crippen molar-refractivity contribution in [3.63, 3.8) is 0 Å². The zero-order valence-electron chi connectivity index (χ0n) is 11.8. The standard InChI is InChI=1S/C15H19N3O/c1-5-13-17-14(10(2)15(16-3)18-13)11-7-6-8-12(9-11)19-4/h6-9H,5H2,1-4H3,(H,16,17,18). The highest BCUT2D eigenvalue weighted by Crippen LogP contribution is 2.28. The predicted molar refractivity (Wildman–Crippen MR) is 77.7 cm³/mol. The van der Waals surface area contributed by atoms with Crippen molar-refractivity contribution in [2.45, 2.75) is 20.3 Å². The van der Waals surface area contributed by atoms with Crippen molar-refractivity contribution in [1.29, 1.82) is 0 Å². The van der Waals surface area contributed by atoms with Gasteiger partial charge in [-0.25, -0.2) is 9.97 Å². The lowest BCUT2D eigenvalue weighted by Gasteiger charge is -2.12. The molecule has 1 aromatic carbocycles. The second kappa shape index (κ2) is 5.69. The van der Waals surface area contributed by atoms with Crippen LogP contribution in [0, 0.1) is 6.92 Å². The Bertz CT molecular complexity index is 582. The van der Waals surface area contributed by atoms with Crippen LogP contribution in [0.15, 0.2) is 24.3 Å². The number of nitrogens with one attached hydrogen (secondary N) is 1. The van der Waals surface area contributed by atoms with Crippen LogP contribution in [0.3, 0.4) is 0 Å². The maximum Gasteiger partial charge on any atom is 0.132 e. The molecule has 0 unspecified atom stereocenters. The van der Waals surface area contributed by atoms with E-state index in [0.29, 0.717) is 0 Å². The molecule has 2 aromatic rings. The van der Waals surface area contributed by atoms with Gasteiger partial charge in [0.1, 0.15) is 17.4 Å². The zero-order chi connectivity index (χ0) is 13.8. The van der Waals surface area contributed by atoms with Gasteiger partial charge in [0.25, 0.3) is 0 Å². The van der Waals surface area contributed by atoms with E-state index in [4.69, 9.17) is 4.74 Å². The van der Waals surface area contributed by atoms with E-state index in [9.17, 15) is 0 Å². The van der Waals surface area contributed by atoms with Crippen molar-refractivity contribution < 1.29 is 4.74 Å². The van der Waals surface area contributed by atoms with Gasteiger partial charge in [-0.1, -0.05) is 19.1 Å². The number of anilines is 1. The van der Waals surface area contributed by atoms with Gasteiger partial charge in [0.15, 0.2) is 0 Å². The van der Waals surface area contributed by atoms with Gasteiger partial charge in [-0.3, -0.25) is 0 Å². The molecule has 0 spiro atoms. The Morgan fingerprint density at radius 2 is 2.05 bits per heavy atom. The molecule has 0 aliphatic heterocycles. The second-order valence-electron chi connectivity index (χ2n) is 4.30. The molecule has 1 aromatic heterocycles. The van der Waals surface area contributed by atoms with Crippen LogP contribution < -0.4 is 10.1 Å². The van der Waals surface area contributed by atoms with Crippen LogP contribution in [-0.2, 0) is 6.42 Å². The summed E-state index contributed by atoms with van der Waals surface area (Å²) in [5.41, 5.74) is 3.05. The fraction of sp³-hybridized carbons (Fsp3) is 0.333. The van der Waals surface area contributed by atoms with Crippen LogP contribution in [0.1, 0.15) is 18.3 Å². The molecule has 2 rings (SSSR count). The number of methoxy groups -OCH3 is 1. The van der Waals surface area contributed by atoms with E-state index in [-0.39, 0.29) is 0 Å². The van der Waals surface area contributed by atoms with E-state index >= 15 is 0 Å².